The van der Waals surface area contributed by atoms with E-state index in [1.165, 1.54) is 100.0 Å². The summed E-state index contributed by atoms with van der Waals surface area (Å²) in [5.74, 6) is 0. The van der Waals surface area contributed by atoms with Crippen molar-refractivity contribution in [3.05, 3.63) is 197 Å². The molecule has 308 valence electrons. The first-order chi connectivity index (χ1) is 29.9. The summed E-state index contributed by atoms with van der Waals surface area (Å²) in [6.07, 6.45) is 7.58. The number of rotatable bonds is 7. The second-order valence-corrected chi connectivity index (χ2v) is 18.8. The molecule has 0 spiro atoms. The summed E-state index contributed by atoms with van der Waals surface area (Å²) in [5.41, 5.74) is 23.3. The van der Waals surface area contributed by atoms with Crippen LogP contribution in [0.5, 0.6) is 0 Å². The summed E-state index contributed by atoms with van der Waals surface area (Å²) in [6.45, 7) is 22.8. The summed E-state index contributed by atoms with van der Waals surface area (Å²) in [7, 11) is 0. The topological polar surface area (TPSA) is 8.17 Å². The average Bonchev–Trinajstić information content (AvgIpc) is 3.74. The molecule has 62 heavy (non-hydrogen) atoms. The first kappa shape index (κ1) is 39.7. The van der Waals surface area contributed by atoms with Crippen molar-refractivity contribution in [2.45, 2.75) is 91.9 Å². The van der Waals surface area contributed by atoms with Crippen LogP contribution < -0.4 is 4.90 Å². The van der Waals surface area contributed by atoms with E-state index in [-0.39, 0.29) is 16.2 Å². The van der Waals surface area contributed by atoms with Crippen LogP contribution in [0.3, 0.4) is 0 Å². The highest BCUT2D eigenvalue weighted by Crippen LogP contribution is 2.57. The van der Waals surface area contributed by atoms with Crippen molar-refractivity contribution in [1.82, 2.24) is 4.57 Å². The maximum atomic E-state index is 2.64. The lowest BCUT2D eigenvalue weighted by molar-refractivity contribution is 0.593. The number of aromatic nitrogens is 1. The Labute approximate surface area is 368 Å². The number of hydrogen-bond donors (Lipinski definition) is 0. The van der Waals surface area contributed by atoms with Gasteiger partial charge in [-0.25, -0.2) is 0 Å². The molecule has 2 aliphatic heterocycles. The summed E-state index contributed by atoms with van der Waals surface area (Å²) in [4.78, 5) is 2.46. The van der Waals surface area contributed by atoms with Crippen molar-refractivity contribution < 1.29 is 0 Å². The number of allylic oxidation sites excluding steroid dienone is 4. The summed E-state index contributed by atoms with van der Waals surface area (Å²) >= 11 is 0. The SMILES string of the molecule is C/C=C\C=C(/CC)c1cc2c3c(c1)c1cc(N(c4ccccc4)c4ccc(-c5ccc6c(c5)C(C)(C)c5ccccc5-6)cc4)cc4c1n3-c1c(cccc1C4(C)C)C2(C)C.CC. The van der Waals surface area contributed by atoms with Gasteiger partial charge >= 0.3 is 0 Å². The van der Waals surface area contributed by atoms with E-state index in [4.69, 9.17) is 0 Å². The Hall–Kier alpha value is -6.38. The van der Waals surface area contributed by atoms with Gasteiger partial charge in [0.2, 0.25) is 0 Å². The Kier molecular flexibility index (Phi) is 9.20. The van der Waals surface area contributed by atoms with Gasteiger partial charge in [-0.05, 0) is 135 Å². The highest BCUT2D eigenvalue weighted by molar-refractivity contribution is 6.16. The zero-order chi connectivity index (χ0) is 43.3. The van der Waals surface area contributed by atoms with Gasteiger partial charge in [-0.1, -0.05) is 165 Å². The Morgan fingerprint density at radius 3 is 1.76 bits per heavy atom. The van der Waals surface area contributed by atoms with E-state index in [2.05, 4.69) is 223 Å². The van der Waals surface area contributed by atoms with Crippen molar-refractivity contribution in [2.24, 2.45) is 0 Å². The standard InChI is InChI=1S/C58H52N2.C2H6/c1-9-11-18-36(10-2)39-31-45-46-34-42(35-52-54(46)60-53(45)51(33-39)57(5,6)48-23-17-24-49(55(48)60)58(52,7)8)59(40-19-13-12-14-20-40)41-28-25-37(26-29-41)38-27-30-44-43-21-15-16-22-47(43)56(3,4)50(44)32-38;1-2/h9,11-35H,10H2,1-8H3;1-2H3/b11-9-,36-18+;. The van der Waals surface area contributed by atoms with Crippen LogP contribution in [0.2, 0.25) is 0 Å². The summed E-state index contributed by atoms with van der Waals surface area (Å²) in [5, 5.41) is 2.64. The smallest absolute Gasteiger partial charge is 0.0583 e. The maximum absolute atomic E-state index is 2.64. The van der Waals surface area contributed by atoms with E-state index in [0.29, 0.717) is 0 Å². The van der Waals surface area contributed by atoms with Gasteiger partial charge in [-0.3, -0.25) is 0 Å². The molecule has 1 aromatic heterocycles. The molecule has 0 amide bonds. The molecule has 3 heterocycles. The van der Waals surface area contributed by atoms with E-state index in [1.54, 1.807) is 0 Å². The lowest BCUT2D eigenvalue weighted by Gasteiger charge is -2.42. The Morgan fingerprint density at radius 2 is 1.08 bits per heavy atom. The maximum Gasteiger partial charge on any atom is 0.0583 e. The van der Waals surface area contributed by atoms with Crippen LogP contribution in [0.1, 0.15) is 115 Å². The second-order valence-electron chi connectivity index (χ2n) is 18.8. The number of anilines is 3. The van der Waals surface area contributed by atoms with Gasteiger partial charge < -0.3 is 9.47 Å². The molecule has 0 bridgehead atoms. The van der Waals surface area contributed by atoms with Crippen molar-refractivity contribution in [3.8, 4) is 27.9 Å². The fourth-order valence-corrected chi connectivity index (χ4v) is 11.2. The molecule has 0 N–H and O–H groups in total. The van der Waals surface area contributed by atoms with Gasteiger partial charge in [0, 0.05) is 44.1 Å². The molecule has 0 saturated heterocycles. The van der Waals surface area contributed by atoms with E-state index in [0.717, 1.165) is 17.8 Å². The van der Waals surface area contributed by atoms with Crippen molar-refractivity contribution in [3.63, 3.8) is 0 Å². The molecule has 8 aromatic rings. The largest absolute Gasteiger partial charge is 0.310 e. The minimum atomic E-state index is -0.228. The number of hydrogen-bond acceptors (Lipinski definition) is 1. The van der Waals surface area contributed by atoms with Gasteiger partial charge in [0.1, 0.15) is 0 Å². The fourth-order valence-electron chi connectivity index (χ4n) is 11.2. The summed E-state index contributed by atoms with van der Waals surface area (Å²) in [6, 6.07) is 53.1. The van der Waals surface area contributed by atoms with Gasteiger partial charge in [-0.15, -0.1) is 0 Å². The summed E-state index contributed by atoms with van der Waals surface area (Å²) < 4.78 is 2.64. The third kappa shape index (κ3) is 5.55. The van der Waals surface area contributed by atoms with E-state index < -0.39 is 0 Å². The van der Waals surface area contributed by atoms with E-state index in [9.17, 15) is 0 Å². The molecule has 3 aliphatic rings. The van der Waals surface area contributed by atoms with E-state index >= 15 is 0 Å². The lowest BCUT2D eigenvalue weighted by Crippen LogP contribution is -2.33. The number of para-hydroxylation sites is 2. The Morgan fingerprint density at radius 1 is 0.516 bits per heavy atom. The third-order valence-electron chi connectivity index (χ3n) is 14.5. The average molecular weight is 807 g/mol. The first-order valence-electron chi connectivity index (χ1n) is 22.8. The number of fused-ring (bicyclic) bond motifs is 4. The molecule has 7 aromatic carbocycles. The Bertz CT molecular complexity index is 3150. The van der Waals surface area contributed by atoms with Crippen LogP contribution >= 0.6 is 0 Å². The molecule has 0 unspecified atom stereocenters. The van der Waals surface area contributed by atoms with Crippen LogP contribution in [0.25, 0.3) is 55.3 Å². The Balaban J connectivity index is 0.00000226. The number of nitrogens with zero attached hydrogens (tertiary/aromatic N) is 2. The highest BCUT2D eigenvalue weighted by atomic mass is 15.1. The van der Waals surface area contributed by atoms with Gasteiger partial charge in [0.15, 0.2) is 0 Å². The number of benzene rings is 7. The van der Waals surface area contributed by atoms with Crippen LogP contribution in [-0.4, -0.2) is 4.57 Å². The van der Waals surface area contributed by atoms with Crippen LogP contribution in [0.4, 0.5) is 17.1 Å². The molecular formula is C60H58N2. The van der Waals surface area contributed by atoms with Crippen LogP contribution in [-0.2, 0) is 16.2 Å². The van der Waals surface area contributed by atoms with Crippen molar-refractivity contribution in [1.29, 1.82) is 0 Å². The lowest BCUT2D eigenvalue weighted by atomic mass is 9.68. The van der Waals surface area contributed by atoms with Gasteiger partial charge in [0.05, 0.1) is 16.7 Å². The molecule has 2 heteroatoms. The molecule has 0 fully saturated rings. The molecule has 0 radical (unpaired) electrons. The predicted octanol–water partition coefficient (Wildman–Crippen LogP) is 16.9. The molecule has 1 aliphatic carbocycles. The highest BCUT2D eigenvalue weighted by Gasteiger charge is 2.44. The quantitative estimate of drug-likeness (QED) is 0.146. The van der Waals surface area contributed by atoms with Gasteiger partial charge in [0.25, 0.3) is 0 Å². The molecule has 11 rings (SSSR count). The first-order valence-corrected chi connectivity index (χ1v) is 22.8. The molecular weight excluding hydrogens is 749 g/mol. The zero-order valence-corrected chi connectivity index (χ0v) is 38.1. The minimum Gasteiger partial charge on any atom is -0.310 e. The van der Waals surface area contributed by atoms with E-state index in [1.807, 2.05) is 13.8 Å². The monoisotopic (exact) mass is 806 g/mol. The second kappa shape index (κ2) is 14.3. The zero-order valence-electron chi connectivity index (χ0n) is 38.1. The van der Waals surface area contributed by atoms with Crippen molar-refractivity contribution >= 4 is 44.4 Å². The third-order valence-corrected chi connectivity index (χ3v) is 14.5. The molecule has 0 saturated carbocycles. The molecule has 0 atom stereocenters. The van der Waals surface area contributed by atoms with Crippen LogP contribution in [0.15, 0.2) is 158 Å². The van der Waals surface area contributed by atoms with Gasteiger partial charge in [-0.2, -0.15) is 0 Å². The predicted molar refractivity (Wildman–Crippen MR) is 267 cm³/mol. The molecule has 2 nitrogen and oxygen atoms in total. The minimum absolute atomic E-state index is 0.0401. The normalized spacial score (nSPS) is 15.7. The van der Waals surface area contributed by atoms with Crippen LogP contribution in [0, 0.1) is 0 Å². The fraction of sp³-hybridized carbons (Fsp3) is 0.233. The van der Waals surface area contributed by atoms with Crippen molar-refractivity contribution in [2.75, 3.05) is 4.90 Å².